The third kappa shape index (κ3) is 4.14. The molecule has 0 unspecified atom stereocenters. The van der Waals surface area contributed by atoms with Gasteiger partial charge in [-0.3, -0.25) is 0 Å². The van der Waals surface area contributed by atoms with E-state index in [1.165, 1.54) is 4.90 Å². The van der Waals surface area contributed by atoms with E-state index in [0.29, 0.717) is 16.7 Å². The van der Waals surface area contributed by atoms with Gasteiger partial charge in [-0.25, -0.2) is 0 Å². The van der Waals surface area contributed by atoms with E-state index in [-0.39, 0.29) is 0 Å². The van der Waals surface area contributed by atoms with Crippen LogP contribution in [0.3, 0.4) is 0 Å². The van der Waals surface area contributed by atoms with Gasteiger partial charge in [0.25, 0.3) is 0 Å². The molecule has 2 heterocycles. The first kappa shape index (κ1) is 17.6. The van der Waals surface area contributed by atoms with Crippen LogP contribution >= 0.6 is 39.3 Å². The fourth-order valence-corrected chi connectivity index (χ4v) is 3.93. The molecule has 2 aromatic heterocycles. The molecule has 2 aromatic carbocycles. The van der Waals surface area contributed by atoms with Crippen molar-refractivity contribution in [3.63, 3.8) is 0 Å². The highest BCUT2D eigenvalue weighted by atomic mass is 79.9. The van der Waals surface area contributed by atoms with Crippen molar-refractivity contribution in [2.75, 3.05) is 5.75 Å². The number of nitrogens with one attached hydrogen (secondary N) is 1. The molecular weight excluding hydrogens is 434 g/mol. The zero-order chi connectivity index (χ0) is 17.9. The molecule has 0 fully saturated rings. The molecule has 0 radical (unpaired) electrons. The summed E-state index contributed by atoms with van der Waals surface area (Å²) in [5, 5.41) is 5.83. The van der Waals surface area contributed by atoms with Crippen molar-refractivity contribution in [1.29, 1.82) is 0 Å². The number of halogens is 2. The molecule has 1 N–H and O–H groups in total. The minimum absolute atomic E-state index is 0.577. The molecule has 4 aromatic rings. The number of hydrogen-bond acceptors (Lipinski definition) is 4. The van der Waals surface area contributed by atoms with Gasteiger partial charge >= 0.3 is 0 Å². The van der Waals surface area contributed by atoms with E-state index in [2.05, 4.69) is 55.3 Å². The molecule has 0 saturated carbocycles. The van der Waals surface area contributed by atoms with E-state index in [4.69, 9.17) is 16.1 Å². The second kappa shape index (κ2) is 7.86. The number of H-pyrrole nitrogens is 1. The summed E-state index contributed by atoms with van der Waals surface area (Å²) in [4.78, 5) is 9.05. The summed E-state index contributed by atoms with van der Waals surface area (Å²) in [7, 11) is 0. The van der Waals surface area contributed by atoms with Gasteiger partial charge in [0.1, 0.15) is 0 Å². The number of aromatic nitrogens is 3. The van der Waals surface area contributed by atoms with Gasteiger partial charge in [-0.1, -0.05) is 32.7 Å². The molecule has 0 saturated heterocycles. The lowest BCUT2D eigenvalue weighted by atomic mass is 10.2. The summed E-state index contributed by atoms with van der Waals surface area (Å²) >= 11 is 11.3. The second-order valence-corrected chi connectivity index (χ2v) is 8.35. The van der Waals surface area contributed by atoms with Gasteiger partial charge in [0.15, 0.2) is 0 Å². The number of hydrogen-bond donors (Lipinski definition) is 1. The van der Waals surface area contributed by atoms with Gasteiger partial charge in [-0.15, -0.1) is 11.8 Å². The molecule has 0 aliphatic heterocycles. The number of aromatic amines is 1. The van der Waals surface area contributed by atoms with Crippen molar-refractivity contribution in [2.24, 2.45) is 0 Å². The maximum Gasteiger partial charge on any atom is 0.227 e. The van der Waals surface area contributed by atoms with Gasteiger partial charge in [0, 0.05) is 31.7 Å². The predicted octanol–water partition coefficient (Wildman–Crippen LogP) is 6.36. The van der Waals surface area contributed by atoms with E-state index in [1.807, 2.05) is 36.0 Å². The average Bonchev–Trinajstić information content (AvgIpc) is 3.26. The van der Waals surface area contributed by atoms with E-state index >= 15 is 0 Å². The smallest absolute Gasteiger partial charge is 0.227 e. The van der Waals surface area contributed by atoms with E-state index < -0.39 is 0 Å². The molecule has 0 spiro atoms. The number of thioether (sulfide) groups is 1. The van der Waals surface area contributed by atoms with Crippen molar-refractivity contribution in [3.8, 4) is 11.5 Å². The molecule has 0 bridgehead atoms. The molecule has 26 heavy (non-hydrogen) atoms. The minimum atomic E-state index is 0.577. The third-order valence-corrected chi connectivity index (χ3v) is 5.77. The maximum atomic E-state index is 6.03. The molecule has 4 rings (SSSR count). The Kier molecular flexibility index (Phi) is 5.33. The number of rotatable bonds is 6. The Morgan fingerprint density at radius 1 is 1.12 bits per heavy atom. The predicted molar refractivity (Wildman–Crippen MR) is 110 cm³/mol. The molecule has 0 atom stereocenters. The highest BCUT2D eigenvalue weighted by Crippen LogP contribution is 2.25. The van der Waals surface area contributed by atoms with E-state index in [9.17, 15) is 0 Å². The van der Waals surface area contributed by atoms with Crippen molar-refractivity contribution in [1.82, 2.24) is 15.1 Å². The van der Waals surface area contributed by atoms with Crippen LogP contribution in [-0.4, -0.2) is 20.9 Å². The zero-order valence-electron chi connectivity index (χ0n) is 13.7. The quantitative estimate of drug-likeness (QED) is 0.275. The fourth-order valence-electron chi connectivity index (χ4n) is 2.63. The summed E-state index contributed by atoms with van der Waals surface area (Å²) < 4.78 is 6.48. The van der Waals surface area contributed by atoms with Crippen molar-refractivity contribution in [3.05, 3.63) is 63.9 Å². The highest BCUT2D eigenvalue weighted by Gasteiger charge is 2.11. The highest BCUT2D eigenvalue weighted by molar-refractivity contribution is 9.10. The van der Waals surface area contributed by atoms with Crippen LogP contribution in [0.2, 0.25) is 5.02 Å². The molecule has 4 nitrogen and oxygen atoms in total. The summed E-state index contributed by atoms with van der Waals surface area (Å²) in [5.74, 6) is 2.24. The first-order valence-electron chi connectivity index (χ1n) is 8.17. The van der Waals surface area contributed by atoms with Crippen molar-refractivity contribution >= 4 is 50.2 Å². The standard InChI is InChI=1S/C19H15BrClN3OS/c20-13-3-6-15(7-4-13)26-9-1-2-18-23-19(24-25-18)17-11-12-10-14(21)5-8-16(12)22-17/h3-8,10-11,22H,1-2,9H2. The lowest BCUT2D eigenvalue weighted by Crippen LogP contribution is -1.88. The second-order valence-electron chi connectivity index (χ2n) is 5.83. The first-order valence-corrected chi connectivity index (χ1v) is 10.3. The summed E-state index contributed by atoms with van der Waals surface area (Å²) in [5.41, 5.74) is 1.84. The van der Waals surface area contributed by atoms with Gasteiger partial charge < -0.3 is 9.51 Å². The van der Waals surface area contributed by atoms with E-state index in [1.54, 1.807) is 0 Å². The van der Waals surface area contributed by atoms with E-state index in [0.717, 1.165) is 39.7 Å². The third-order valence-electron chi connectivity index (χ3n) is 3.91. The van der Waals surface area contributed by atoms with Gasteiger partial charge in [-0.05, 0) is 60.7 Å². The Labute approximate surface area is 168 Å². The summed E-state index contributed by atoms with van der Waals surface area (Å²) in [6.45, 7) is 0. The van der Waals surface area contributed by atoms with Crippen LogP contribution in [0.4, 0.5) is 0 Å². The van der Waals surface area contributed by atoms with Crippen LogP contribution in [0.5, 0.6) is 0 Å². The summed E-state index contributed by atoms with van der Waals surface area (Å²) in [6.07, 6.45) is 1.74. The number of fused-ring (bicyclic) bond motifs is 1. The Hall–Kier alpha value is -1.76. The molecule has 0 aliphatic carbocycles. The van der Waals surface area contributed by atoms with Crippen LogP contribution in [0.15, 0.2) is 62.4 Å². The molecule has 0 amide bonds. The van der Waals surface area contributed by atoms with Gasteiger partial charge in [0.05, 0.1) is 5.69 Å². The Bertz CT molecular complexity index is 1030. The summed E-state index contributed by atoms with van der Waals surface area (Å²) in [6, 6.07) is 16.0. The van der Waals surface area contributed by atoms with Crippen molar-refractivity contribution in [2.45, 2.75) is 17.7 Å². The first-order chi connectivity index (χ1) is 12.7. The number of benzene rings is 2. The maximum absolute atomic E-state index is 6.03. The Balaban J connectivity index is 1.35. The lowest BCUT2D eigenvalue weighted by molar-refractivity contribution is 0.378. The molecule has 132 valence electrons. The van der Waals surface area contributed by atoms with Crippen LogP contribution < -0.4 is 0 Å². The monoisotopic (exact) mass is 447 g/mol. The van der Waals surface area contributed by atoms with Crippen LogP contribution in [-0.2, 0) is 6.42 Å². The fraction of sp³-hybridized carbons (Fsp3) is 0.158. The average molecular weight is 449 g/mol. The van der Waals surface area contributed by atoms with Crippen molar-refractivity contribution < 1.29 is 4.52 Å². The van der Waals surface area contributed by atoms with Crippen LogP contribution in [0.25, 0.3) is 22.4 Å². The Morgan fingerprint density at radius 2 is 1.96 bits per heavy atom. The Morgan fingerprint density at radius 3 is 2.81 bits per heavy atom. The SMILES string of the molecule is Clc1ccc2[nH]c(-c3noc(CCCSc4ccc(Br)cc4)n3)cc2c1. The molecule has 7 heteroatoms. The molecular formula is C19H15BrClN3OS. The van der Waals surface area contributed by atoms with Gasteiger partial charge in [0.2, 0.25) is 11.7 Å². The lowest BCUT2D eigenvalue weighted by Gasteiger charge is -2.00. The number of aryl methyl sites for hydroxylation is 1. The molecule has 0 aliphatic rings. The topological polar surface area (TPSA) is 54.7 Å². The van der Waals surface area contributed by atoms with Gasteiger partial charge in [-0.2, -0.15) is 4.98 Å². The number of nitrogens with zero attached hydrogens (tertiary/aromatic N) is 2. The van der Waals surface area contributed by atoms with Crippen LogP contribution in [0.1, 0.15) is 12.3 Å². The largest absolute Gasteiger partial charge is 0.352 e. The van der Waals surface area contributed by atoms with Crippen LogP contribution in [0, 0.1) is 0 Å². The normalized spacial score (nSPS) is 11.3. The minimum Gasteiger partial charge on any atom is -0.352 e. The zero-order valence-corrected chi connectivity index (χ0v) is 16.9.